The molecule has 0 radical (unpaired) electrons. The average Bonchev–Trinajstić information content (AvgIpc) is 2.34. The number of rotatable bonds is 4. The smallest absolute Gasteiger partial charge is 0.276 e. The zero-order chi connectivity index (χ0) is 9.90. The Morgan fingerprint density at radius 2 is 2.31 bits per heavy atom. The van der Waals surface area contributed by atoms with Crippen LogP contribution < -0.4 is 10.5 Å². The van der Waals surface area contributed by atoms with Gasteiger partial charge in [0.15, 0.2) is 0 Å². The van der Waals surface area contributed by atoms with Crippen molar-refractivity contribution in [3.05, 3.63) is 0 Å². The van der Waals surface area contributed by atoms with Gasteiger partial charge in [0.2, 0.25) is 10.0 Å². The third-order valence-corrected chi connectivity index (χ3v) is 2.41. The third-order valence-electron chi connectivity index (χ3n) is 1.14. The second-order valence-electron chi connectivity index (χ2n) is 2.31. The SMILES string of the molecule is Cn1nnc(NS(=O)(=O)CCN)n1. The summed E-state index contributed by atoms with van der Waals surface area (Å²) >= 11 is 0. The molecule has 0 aliphatic rings. The Morgan fingerprint density at radius 3 is 2.77 bits per heavy atom. The van der Waals surface area contributed by atoms with Crippen LogP contribution in [0.25, 0.3) is 0 Å². The van der Waals surface area contributed by atoms with Crippen LogP contribution in [0, 0.1) is 0 Å². The minimum absolute atomic E-state index is 0.0454. The van der Waals surface area contributed by atoms with Crippen molar-refractivity contribution < 1.29 is 8.42 Å². The normalized spacial score (nSPS) is 11.5. The molecule has 0 atom stereocenters. The molecule has 0 fully saturated rings. The van der Waals surface area contributed by atoms with Gasteiger partial charge in [-0.3, -0.25) is 0 Å². The largest absolute Gasteiger partial charge is 0.329 e. The minimum Gasteiger partial charge on any atom is -0.329 e. The summed E-state index contributed by atoms with van der Waals surface area (Å²) in [6.45, 7) is 0.0512. The second kappa shape index (κ2) is 3.66. The van der Waals surface area contributed by atoms with Crippen LogP contribution in [0.15, 0.2) is 0 Å². The van der Waals surface area contributed by atoms with Crippen LogP contribution in [0.5, 0.6) is 0 Å². The number of hydrogen-bond acceptors (Lipinski definition) is 6. The van der Waals surface area contributed by atoms with Gasteiger partial charge in [-0.25, -0.2) is 13.1 Å². The fourth-order valence-corrected chi connectivity index (χ4v) is 1.44. The van der Waals surface area contributed by atoms with Crippen molar-refractivity contribution in [1.82, 2.24) is 20.2 Å². The maximum atomic E-state index is 11.1. The Hall–Kier alpha value is -1.22. The van der Waals surface area contributed by atoms with Crippen LogP contribution in [0.1, 0.15) is 0 Å². The molecule has 1 heterocycles. The molecule has 0 saturated carbocycles. The van der Waals surface area contributed by atoms with Crippen molar-refractivity contribution in [2.45, 2.75) is 0 Å². The van der Waals surface area contributed by atoms with Crippen molar-refractivity contribution in [2.75, 3.05) is 17.0 Å². The van der Waals surface area contributed by atoms with Gasteiger partial charge in [0.1, 0.15) is 0 Å². The molecular formula is C4H10N6O2S. The molecular weight excluding hydrogens is 196 g/mol. The van der Waals surface area contributed by atoms with E-state index in [1.165, 1.54) is 7.05 Å². The summed E-state index contributed by atoms with van der Waals surface area (Å²) < 4.78 is 24.3. The summed E-state index contributed by atoms with van der Waals surface area (Å²) in [5, 5.41) is 10.6. The standard InChI is InChI=1S/C4H10N6O2S/c1-10-7-4(6-9-10)8-13(11,12)3-2-5/h2-3,5H2,1H3,(H,7,8). The topological polar surface area (TPSA) is 116 Å². The molecule has 0 bridgehead atoms. The molecule has 9 heteroatoms. The lowest BCUT2D eigenvalue weighted by molar-refractivity contribution is 0.600. The highest BCUT2D eigenvalue weighted by molar-refractivity contribution is 7.92. The first kappa shape index (κ1) is 9.86. The van der Waals surface area contributed by atoms with Crippen LogP contribution in [0.2, 0.25) is 0 Å². The van der Waals surface area contributed by atoms with Crippen LogP contribution in [0.3, 0.4) is 0 Å². The van der Waals surface area contributed by atoms with Gasteiger partial charge in [-0.1, -0.05) is 5.10 Å². The van der Waals surface area contributed by atoms with Gasteiger partial charge in [0.25, 0.3) is 5.95 Å². The third kappa shape index (κ3) is 2.95. The maximum absolute atomic E-state index is 11.1. The van der Waals surface area contributed by atoms with Gasteiger partial charge in [-0.15, -0.1) is 5.10 Å². The predicted molar refractivity (Wildman–Crippen MR) is 45.3 cm³/mol. The second-order valence-corrected chi connectivity index (χ2v) is 4.15. The van der Waals surface area contributed by atoms with E-state index < -0.39 is 10.0 Å². The number of nitrogens with zero attached hydrogens (tertiary/aromatic N) is 4. The number of aryl methyl sites for hydroxylation is 1. The number of sulfonamides is 1. The van der Waals surface area contributed by atoms with Gasteiger partial charge >= 0.3 is 0 Å². The highest BCUT2D eigenvalue weighted by atomic mass is 32.2. The highest BCUT2D eigenvalue weighted by Crippen LogP contribution is 1.97. The van der Waals surface area contributed by atoms with Gasteiger partial charge in [-0.2, -0.15) is 4.80 Å². The number of anilines is 1. The monoisotopic (exact) mass is 206 g/mol. The molecule has 0 unspecified atom stereocenters. The summed E-state index contributed by atoms with van der Waals surface area (Å²) in [6.07, 6.45) is 0. The van der Waals surface area contributed by atoms with Gasteiger partial charge in [0, 0.05) is 6.54 Å². The molecule has 0 aliphatic heterocycles. The van der Waals surface area contributed by atoms with E-state index in [0.29, 0.717) is 0 Å². The Balaban J connectivity index is 2.69. The lowest BCUT2D eigenvalue weighted by Gasteiger charge is -2.00. The summed E-state index contributed by atoms with van der Waals surface area (Å²) in [7, 11) is -1.89. The van der Waals surface area contributed by atoms with Crippen molar-refractivity contribution in [3.63, 3.8) is 0 Å². The van der Waals surface area contributed by atoms with Crippen molar-refractivity contribution in [3.8, 4) is 0 Å². The van der Waals surface area contributed by atoms with Gasteiger partial charge < -0.3 is 5.73 Å². The van der Waals surface area contributed by atoms with E-state index in [-0.39, 0.29) is 18.2 Å². The molecule has 74 valence electrons. The molecule has 0 spiro atoms. The Labute approximate surface area is 75.2 Å². The quantitative estimate of drug-likeness (QED) is 0.583. The van der Waals surface area contributed by atoms with Crippen LogP contribution in [-0.4, -0.2) is 40.9 Å². The molecule has 0 aliphatic carbocycles. The van der Waals surface area contributed by atoms with Crippen molar-refractivity contribution in [1.29, 1.82) is 0 Å². The number of aromatic nitrogens is 4. The zero-order valence-corrected chi connectivity index (χ0v) is 7.82. The summed E-state index contributed by atoms with van der Waals surface area (Å²) in [4.78, 5) is 1.15. The molecule has 0 saturated heterocycles. The first-order chi connectivity index (χ1) is 6.03. The number of hydrogen-bond donors (Lipinski definition) is 2. The molecule has 3 N–H and O–H groups in total. The highest BCUT2D eigenvalue weighted by Gasteiger charge is 2.11. The van der Waals surface area contributed by atoms with E-state index in [9.17, 15) is 8.42 Å². The number of tetrazole rings is 1. The fraction of sp³-hybridized carbons (Fsp3) is 0.750. The van der Waals surface area contributed by atoms with Crippen LogP contribution in [-0.2, 0) is 17.1 Å². The van der Waals surface area contributed by atoms with Gasteiger partial charge in [-0.05, 0) is 5.21 Å². The molecule has 13 heavy (non-hydrogen) atoms. The molecule has 1 aromatic rings. The first-order valence-corrected chi connectivity index (χ1v) is 5.13. The van der Waals surface area contributed by atoms with E-state index in [2.05, 4.69) is 20.1 Å². The van der Waals surface area contributed by atoms with E-state index in [1.807, 2.05) is 0 Å². The zero-order valence-electron chi connectivity index (χ0n) is 7.01. The minimum atomic E-state index is -3.42. The Bertz CT molecular complexity index is 370. The van der Waals surface area contributed by atoms with E-state index >= 15 is 0 Å². The number of nitrogens with two attached hydrogens (primary N) is 1. The Kier molecular flexibility index (Phi) is 2.78. The van der Waals surface area contributed by atoms with E-state index in [4.69, 9.17) is 5.73 Å². The summed E-state index contributed by atoms with van der Waals surface area (Å²) in [6, 6.07) is 0. The number of nitrogens with one attached hydrogen (secondary N) is 1. The van der Waals surface area contributed by atoms with Crippen LogP contribution in [0.4, 0.5) is 5.95 Å². The molecule has 1 aromatic heterocycles. The molecule has 0 amide bonds. The van der Waals surface area contributed by atoms with Crippen molar-refractivity contribution in [2.24, 2.45) is 12.8 Å². The van der Waals surface area contributed by atoms with Crippen LogP contribution >= 0.6 is 0 Å². The molecule has 0 aromatic carbocycles. The molecule has 8 nitrogen and oxygen atoms in total. The summed E-state index contributed by atoms with van der Waals surface area (Å²) in [5.74, 6) is -0.207. The predicted octanol–water partition coefficient (Wildman–Crippen LogP) is -2.09. The van der Waals surface area contributed by atoms with Crippen molar-refractivity contribution >= 4 is 16.0 Å². The lowest BCUT2D eigenvalue weighted by Crippen LogP contribution is -2.23. The van der Waals surface area contributed by atoms with E-state index in [0.717, 1.165) is 4.80 Å². The summed E-state index contributed by atoms with van der Waals surface area (Å²) in [5.41, 5.74) is 5.09. The Morgan fingerprint density at radius 1 is 1.62 bits per heavy atom. The lowest BCUT2D eigenvalue weighted by atomic mass is 10.8. The van der Waals surface area contributed by atoms with E-state index in [1.54, 1.807) is 0 Å². The first-order valence-electron chi connectivity index (χ1n) is 3.48. The molecule has 1 rings (SSSR count). The fourth-order valence-electron chi connectivity index (χ4n) is 0.670. The average molecular weight is 206 g/mol. The van der Waals surface area contributed by atoms with Gasteiger partial charge in [0.05, 0.1) is 12.8 Å². The maximum Gasteiger partial charge on any atom is 0.276 e.